The third kappa shape index (κ3) is 3.63. The second kappa shape index (κ2) is 7.04. The van der Waals surface area contributed by atoms with Crippen LogP contribution in [0, 0.1) is 5.92 Å². The third-order valence-corrected chi connectivity index (χ3v) is 5.54. The second-order valence-electron chi connectivity index (χ2n) is 7.35. The van der Waals surface area contributed by atoms with E-state index < -0.39 is 0 Å². The molecule has 2 fully saturated rings. The van der Waals surface area contributed by atoms with Crippen LogP contribution < -0.4 is 16.0 Å². The third-order valence-electron chi connectivity index (χ3n) is 5.54. The van der Waals surface area contributed by atoms with E-state index in [1.165, 1.54) is 0 Å². The van der Waals surface area contributed by atoms with E-state index in [1.807, 2.05) is 24.3 Å². The number of piperidine rings is 1. The van der Waals surface area contributed by atoms with Crippen LogP contribution in [0.1, 0.15) is 38.5 Å². The van der Waals surface area contributed by atoms with E-state index in [0.29, 0.717) is 18.1 Å². The summed E-state index contributed by atoms with van der Waals surface area (Å²) in [6.45, 7) is 1.61. The number of benzene rings is 1. The minimum Gasteiger partial charge on any atom is -0.423 e. The zero-order valence-electron chi connectivity index (χ0n) is 14.5. The van der Waals surface area contributed by atoms with Crippen LogP contribution in [0.25, 0.3) is 11.1 Å². The van der Waals surface area contributed by atoms with E-state index in [1.54, 1.807) is 0 Å². The highest BCUT2D eigenvalue weighted by molar-refractivity contribution is 5.79. The molecule has 4 rings (SSSR count). The highest BCUT2D eigenvalue weighted by Gasteiger charge is 2.29. The van der Waals surface area contributed by atoms with Gasteiger partial charge in [0, 0.05) is 31.1 Å². The Balaban J connectivity index is 1.31. The van der Waals surface area contributed by atoms with Crippen molar-refractivity contribution in [1.82, 2.24) is 10.3 Å². The minimum absolute atomic E-state index is 0.0937. The van der Waals surface area contributed by atoms with Crippen molar-refractivity contribution in [2.75, 3.05) is 18.0 Å². The smallest absolute Gasteiger partial charge is 0.298 e. The lowest BCUT2D eigenvalue weighted by Crippen LogP contribution is -2.46. The molecule has 0 atom stereocenters. The monoisotopic (exact) mass is 342 g/mol. The van der Waals surface area contributed by atoms with E-state index in [9.17, 15) is 4.79 Å². The number of oxazole rings is 1. The first-order valence-corrected chi connectivity index (χ1v) is 9.35. The van der Waals surface area contributed by atoms with Gasteiger partial charge in [0.1, 0.15) is 5.52 Å². The number of fused-ring (bicyclic) bond motifs is 1. The molecular formula is C19H26N4O2. The zero-order chi connectivity index (χ0) is 17.2. The normalized spacial score (nSPS) is 25.2. The lowest BCUT2D eigenvalue weighted by molar-refractivity contribution is -0.126. The number of para-hydroxylation sites is 2. The van der Waals surface area contributed by atoms with Crippen LogP contribution in [0.4, 0.5) is 6.01 Å². The summed E-state index contributed by atoms with van der Waals surface area (Å²) in [6.07, 6.45) is 5.74. The van der Waals surface area contributed by atoms with Gasteiger partial charge in [-0.1, -0.05) is 12.1 Å². The molecule has 2 aromatic rings. The van der Waals surface area contributed by atoms with Gasteiger partial charge in [-0.15, -0.1) is 0 Å². The number of nitrogens with one attached hydrogen (secondary N) is 1. The number of rotatable bonds is 3. The summed E-state index contributed by atoms with van der Waals surface area (Å²) in [5.41, 5.74) is 7.63. The van der Waals surface area contributed by atoms with E-state index in [4.69, 9.17) is 10.2 Å². The molecule has 1 aliphatic carbocycles. The van der Waals surface area contributed by atoms with E-state index >= 15 is 0 Å². The molecule has 0 spiro atoms. The number of nitrogens with two attached hydrogens (primary N) is 1. The number of hydrogen-bond acceptors (Lipinski definition) is 5. The van der Waals surface area contributed by atoms with Gasteiger partial charge in [-0.3, -0.25) is 4.79 Å². The number of nitrogens with zero attached hydrogens (tertiary/aromatic N) is 2. The van der Waals surface area contributed by atoms with Crippen LogP contribution in [0.5, 0.6) is 0 Å². The van der Waals surface area contributed by atoms with Gasteiger partial charge in [0.15, 0.2) is 5.58 Å². The van der Waals surface area contributed by atoms with Crippen molar-refractivity contribution < 1.29 is 9.21 Å². The zero-order valence-corrected chi connectivity index (χ0v) is 14.5. The van der Waals surface area contributed by atoms with E-state index in [-0.39, 0.29) is 11.8 Å². The number of amides is 1. The van der Waals surface area contributed by atoms with E-state index in [2.05, 4.69) is 15.2 Å². The highest BCUT2D eigenvalue weighted by atomic mass is 16.4. The topological polar surface area (TPSA) is 84.4 Å². The fraction of sp³-hybridized carbons (Fsp3) is 0.579. The summed E-state index contributed by atoms with van der Waals surface area (Å²) < 4.78 is 5.84. The lowest BCUT2D eigenvalue weighted by Gasteiger charge is -2.32. The Bertz CT molecular complexity index is 695. The van der Waals surface area contributed by atoms with Crippen molar-refractivity contribution in [3.8, 4) is 0 Å². The molecule has 1 saturated carbocycles. The van der Waals surface area contributed by atoms with Gasteiger partial charge in [0.2, 0.25) is 5.91 Å². The molecule has 6 nitrogen and oxygen atoms in total. The Morgan fingerprint density at radius 1 is 1.12 bits per heavy atom. The largest absolute Gasteiger partial charge is 0.423 e. The standard InChI is InChI=1S/C19H26N4O2/c20-14-5-7-15(8-6-14)21-18(24)13-9-11-23(12-10-13)19-22-16-3-1-2-4-17(16)25-19/h1-4,13-15H,5-12,20H2,(H,21,24). The summed E-state index contributed by atoms with van der Waals surface area (Å²) in [4.78, 5) is 19.2. The Kier molecular flexibility index (Phi) is 4.61. The van der Waals surface area contributed by atoms with Crippen LogP contribution in [0.15, 0.2) is 28.7 Å². The molecule has 1 aromatic carbocycles. The predicted octanol–water partition coefficient (Wildman–Crippen LogP) is 2.43. The van der Waals surface area contributed by atoms with Gasteiger partial charge in [-0.2, -0.15) is 4.98 Å². The molecular weight excluding hydrogens is 316 g/mol. The fourth-order valence-electron chi connectivity index (χ4n) is 3.91. The van der Waals surface area contributed by atoms with Gasteiger partial charge in [-0.25, -0.2) is 0 Å². The number of carbonyl (C=O) groups excluding carboxylic acids is 1. The van der Waals surface area contributed by atoms with Gasteiger partial charge >= 0.3 is 0 Å². The summed E-state index contributed by atoms with van der Waals surface area (Å²) in [5.74, 6) is 0.300. The average molecular weight is 342 g/mol. The minimum atomic E-state index is 0.0937. The quantitative estimate of drug-likeness (QED) is 0.895. The highest BCUT2D eigenvalue weighted by Crippen LogP contribution is 2.27. The molecule has 1 amide bonds. The molecule has 1 saturated heterocycles. The number of anilines is 1. The van der Waals surface area contributed by atoms with Crippen molar-refractivity contribution in [2.24, 2.45) is 11.7 Å². The molecule has 1 aliphatic heterocycles. The van der Waals surface area contributed by atoms with Crippen LogP contribution in [-0.4, -0.2) is 36.1 Å². The molecule has 0 unspecified atom stereocenters. The first-order valence-electron chi connectivity index (χ1n) is 9.35. The Morgan fingerprint density at radius 3 is 2.56 bits per heavy atom. The molecule has 3 N–H and O–H groups in total. The van der Waals surface area contributed by atoms with Gasteiger partial charge in [-0.05, 0) is 50.7 Å². The van der Waals surface area contributed by atoms with E-state index in [0.717, 1.165) is 62.7 Å². The lowest BCUT2D eigenvalue weighted by atomic mass is 9.90. The maximum absolute atomic E-state index is 12.5. The van der Waals surface area contributed by atoms with Gasteiger partial charge in [0.25, 0.3) is 6.01 Å². The first-order chi connectivity index (χ1) is 12.2. The summed E-state index contributed by atoms with van der Waals surface area (Å²) in [6, 6.07) is 9.09. The maximum Gasteiger partial charge on any atom is 0.298 e. The predicted molar refractivity (Wildman–Crippen MR) is 97.3 cm³/mol. The summed E-state index contributed by atoms with van der Waals surface area (Å²) >= 11 is 0. The van der Waals surface area contributed by atoms with Crippen LogP contribution in [0.3, 0.4) is 0 Å². The number of aromatic nitrogens is 1. The van der Waals surface area contributed by atoms with Crippen LogP contribution in [0.2, 0.25) is 0 Å². The van der Waals surface area contributed by atoms with Crippen molar-refractivity contribution in [2.45, 2.75) is 50.6 Å². The van der Waals surface area contributed by atoms with Crippen molar-refractivity contribution in [3.05, 3.63) is 24.3 Å². The number of carbonyl (C=O) groups is 1. The molecule has 134 valence electrons. The van der Waals surface area contributed by atoms with Gasteiger partial charge in [0.05, 0.1) is 0 Å². The van der Waals surface area contributed by atoms with Crippen molar-refractivity contribution in [3.63, 3.8) is 0 Å². The average Bonchev–Trinajstić information content (AvgIpc) is 3.08. The van der Waals surface area contributed by atoms with Crippen LogP contribution >= 0.6 is 0 Å². The summed E-state index contributed by atoms with van der Waals surface area (Å²) in [7, 11) is 0. The number of hydrogen-bond donors (Lipinski definition) is 2. The van der Waals surface area contributed by atoms with Crippen molar-refractivity contribution in [1.29, 1.82) is 0 Å². The molecule has 2 aliphatic rings. The second-order valence-corrected chi connectivity index (χ2v) is 7.35. The maximum atomic E-state index is 12.5. The molecule has 1 aromatic heterocycles. The van der Waals surface area contributed by atoms with Crippen LogP contribution in [-0.2, 0) is 4.79 Å². The Hall–Kier alpha value is -2.08. The Labute approximate surface area is 147 Å². The van der Waals surface area contributed by atoms with Crippen molar-refractivity contribution >= 4 is 23.0 Å². The molecule has 25 heavy (non-hydrogen) atoms. The van der Waals surface area contributed by atoms with Gasteiger partial charge < -0.3 is 20.4 Å². The Morgan fingerprint density at radius 2 is 1.84 bits per heavy atom. The fourth-order valence-corrected chi connectivity index (χ4v) is 3.91. The first kappa shape index (κ1) is 16.4. The summed E-state index contributed by atoms with van der Waals surface area (Å²) in [5, 5.41) is 3.23. The molecule has 0 radical (unpaired) electrons. The molecule has 0 bridgehead atoms. The SMILES string of the molecule is NC1CCC(NC(=O)C2CCN(c3nc4ccccc4o3)CC2)CC1. The molecule has 2 heterocycles. The molecule has 6 heteroatoms.